The second-order valence-electron chi connectivity index (χ2n) is 12.4. The highest BCUT2D eigenvalue weighted by atomic mass is 16.5. The van der Waals surface area contributed by atoms with E-state index in [4.69, 9.17) is 14.7 Å². The van der Waals surface area contributed by atoms with Crippen molar-refractivity contribution in [1.82, 2.24) is 9.97 Å². The third kappa shape index (κ3) is 4.92. The molecular formula is C44H33N3O. The second kappa shape index (κ2) is 12.0. The molecule has 230 valence electrons. The summed E-state index contributed by atoms with van der Waals surface area (Å²) < 4.78 is 6.40. The van der Waals surface area contributed by atoms with Crippen LogP contribution < -0.4 is 4.74 Å². The maximum atomic E-state index is 9.43. The average molecular weight is 620 g/mol. The van der Waals surface area contributed by atoms with Gasteiger partial charge in [0.25, 0.3) is 0 Å². The van der Waals surface area contributed by atoms with Crippen LogP contribution in [0.4, 0.5) is 0 Å². The molecule has 1 aromatic heterocycles. The highest BCUT2D eigenvalue weighted by molar-refractivity contribution is 5.94. The van der Waals surface area contributed by atoms with Crippen molar-refractivity contribution >= 4 is 10.9 Å². The van der Waals surface area contributed by atoms with Gasteiger partial charge in [-0.2, -0.15) is 5.26 Å². The van der Waals surface area contributed by atoms with Gasteiger partial charge in [-0.1, -0.05) is 111 Å². The number of hydrogen-bond donors (Lipinski definition) is 0. The molecule has 1 aliphatic rings. The van der Waals surface area contributed by atoms with Gasteiger partial charge in [-0.25, -0.2) is 9.97 Å². The minimum Gasteiger partial charge on any atom is -0.457 e. The van der Waals surface area contributed by atoms with Crippen molar-refractivity contribution in [1.29, 1.82) is 5.26 Å². The van der Waals surface area contributed by atoms with E-state index in [0.29, 0.717) is 11.4 Å². The Hall–Kier alpha value is -6.05. The molecule has 0 spiro atoms. The molecule has 0 N–H and O–H groups in total. The number of fused-ring (bicyclic) bond motifs is 3. The largest absolute Gasteiger partial charge is 0.457 e. The number of ether oxygens (including phenoxy) is 1. The molecule has 0 atom stereocenters. The number of nitrogens with zero attached hydrogens (tertiary/aromatic N) is 3. The third-order valence-electron chi connectivity index (χ3n) is 9.87. The summed E-state index contributed by atoms with van der Waals surface area (Å²) >= 11 is 0. The molecule has 1 aliphatic heterocycles. The first-order chi connectivity index (χ1) is 23.6. The van der Waals surface area contributed by atoms with Crippen molar-refractivity contribution in [2.75, 3.05) is 0 Å². The fourth-order valence-corrected chi connectivity index (χ4v) is 7.25. The molecule has 8 rings (SSSR count). The summed E-state index contributed by atoms with van der Waals surface area (Å²) in [5.74, 6) is 2.58. The lowest BCUT2D eigenvalue weighted by molar-refractivity contribution is 0.375. The van der Waals surface area contributed by atoms with Crippen molar-refractivity contribution in [3.05, 3.63) is 156 Å². The van der Waals surface area contributed by atoms with Crippen LogP contribution in [0.5, 0.6) is 11.5 Å². The van der Waals surface area contributed by atoms with Gasteiger partial charge in [0.2, 0.25) is 0 Å². The van der Waals surface area contributed by atoms with Crippen molar-refractivity contribution in [2.24, 2.45) is 0 Å². The predicted molar refractivity (Wildman–Crippen MR) is 194 cm³/mol. The molecule has 0 unspecified atom stereocenters. The number of benzene rings is 6. The minimum atomic E-state index is -0.0920. The number of aromatic nitrogens is 2. The Kier molecular flexibility index (Phi) is 7.31. The van der Waals surface area contributed by atoms with Gasteiger partial charge in [-0.3, -0.25) is 0 Å². The molecule has 0 radical (unpaired) electrons. The fraction of sp³-hybridized carbons (Fsp3) is 0.114. The minimum absolute atomic E-state index is 0.0920. The van der Waals surface area contributed by atoms with Crippen LogP contribution in [0.3, 0.4) is 0 Å². The zero-order chi connectivity index (χ0) is 32.7. The van der Waals surface area contributed by atoms with Crippen molar-refractivity contribution < 1.29 is 4.74 Å². The fourth-order valence-electron chi connectivity index (χ4n) is 7.25. The van der Waals surface area contributed by atoms with Crippen LogP contribution in [-0.2, 0) is 5.41 Å². The molecule has 0 fully saturated rings. The molecule has 48 heavy (non-hydrogen) atoms. The third-order valence-corrected chi connectivity index (χ3v) is 9.87. The van der Waals surface area contributed by atoms with Crippen LogP contribution in [0.1, 0.15) is 43.4 Å². The van der Waals surface area contributed by atoms with E-state index >= 15 is 0 Å². The van der Waals surface area contributed by atoms with E-state index in [2.05, 4.69) is 105 Å². The lowest BCUT2D eigenvalue weighted by Gasteiger charge is -2.39. The first-order valence-electron chi connectivity index (χ1n) is 16.5. The lowest BCUT2D eigenvalue weighted by atomic mass is 9.68. The van der Waals surface area contributed by atoms with E-state index in [-0.39, 0.29) is 5.41 Å². The molecule has 4 heteroatoms. The van der Waals surface area contributed by atoms with Gasteiger partial charge in [0.1, 0.15) is 11.5 Å². The molecule has 0 bridgehead atoms. The zero-order valence-corrected chi connectivity index (χ0v) is 26.9. The van der Waals surface area contributed by atoms with Crippen LogP contribution in [-0.4, -0.2) is 9.97 Å². The van der Waals surface area contributed by atoms with Crippen LogP contribution in [0, 0.1) is 11.3 Å². The SMILES string of the molecule is CCC1(CC)c2ccccc2Oc2ccc(-c3ccc(-c4nc(-c5cccc(-c6cccc(C#N)c6)c5)c5ccccc5n4)cc3)cc21. The van der Waals surface area contributed by atoms with Gasteiger partial charge in [-0.05, 0) is 77.6 Å². The molecule has 6 aromatic carbocycles. The monoisotopic (exact) mass is 619 g/mol. The highest BCUT2D eigenvalue weighted by Gasteiger charge is 2.39. The topological polar surface area (TPSA) is 58.8 Å². The van der Waals surface area contributed by atoms with Gasteiger partial charge in [0, 0.05) is 33.1 Å². The molecule has 4 nitrogen and oxygen atoms in total. The van der Waals surface area contributed by atoms with E-state index in [0.717, 1.165) is 74.3 Å². The summed E-state index contributed by atoms with van der Waals surface area (Å²) in [7, 11) is 0. The van der Waals surface area contributed by atoms with Gasteiger partial charge < -0.3 is 4.74 Å². The van der Waals surface area contributed by atoms with E-state index in [1.165, 1.54) is 11.1 Å². The Balaban J connectivity index is 1.17. The zero-order valence-electron chi connectivity index (χ0n) is 26.9. The molecule has 0 saturated heterocycles. The molecule has 7 aromatic rings. The maximum absolute atomic E-state index is 9.43. The summed E-state index contributed by atoms with van der Waals surface area (Å²) in [6.07, 6.45) is 1.99. The van der Waals surface area contributed by atoms with Crippen LogP contribution >= 0.6 is 0 Å². The summed E-state index contributed by atoms with van der Waals surface area (Å²) in [6, 6.07) is 50.0. The number of rotatable bonds is 6. The summed E-state index contributed by atoms with van der Waals surface area (Å²) in [5.41, 5.74) is 11.1. The molecule has 0 amide bonds. The number of nitriles is 1. The van der Waals surface area contributed by atoms with Crippen molar-refractivity contribution in [3.63, 3.8) is 0 Å². The normalized spacial score (nSPS) is 12.9. The Labute approximate surface area is 281 Å². The van der Waals surface area contributed by atoms with Gasteiger partial charge in [-0.15, -0.1) is 0 Å². The summed E-state index contributed by atoms with van der Waals surface area (Å²) in [4.78, 5) is 10.1. The Bertz CT molecular complexity index is 2360. The Morgan fingerprint density at radius 3 is 2.02 bits per heavy atom. The number of hydrogen-bond acceptors (Lipinski definition) is 4. The molecular weight excluding hydrogens is 587 g/mol. The smallest absolute Gasteiger partial charge is 0.160 e. The van der Waals surface area contributed by atoms with Crippen molar-refractivity contribution in [2.45, 2.75) is 32.1 Å². The van der Waals surface area contributed by atoms with E-state index < -0.39 is 0 Å². The predicted octanol–water partition coefficient (Wildman–Crippen LogP) is 11.4. The Morgan fingerprint density at radius 2 is 1.21 bits per heavy atom. The molecule has 0 saturated carbocycles. The molecule has 2 heterocycles. The first-order valence-corrected chi connectivity index (χ1v) is 16.5. The standard InChI is InChI=1S/C44H33N3O/c1-3-44(4-2)37-16-6-8-18-40(37)48-41-24-23-34(27-38(41)44)30-19-21-31(22-20-30)43-46-39-17-7-5-15-36(39)42(47-43)35-14-10-13-33(26-35)32-12-9-11-29(25-32)28-45/h5-27H,3-4H2,1-2H3. The average Bonchev–Trinajstić information content (AvgIpc) is 3.16. The quantitative estimate of drug-likeness (QED) is 0.186. The Morgan fingerprint density at radius 1 is 0.562 bits per heavy atom. The highest BCUT2D eigenvalue weighted by Crippen LogP contribution is 2.52. The van der Waals surface area contributed by atoms with Gasteiger partial charge in [0.15, 0.2) is 5.82 Å². The van der Waals surface area contributed by atoms with E-state index in [1.807, 2.05) is 54.6 Å². The maximum Gasteiger partial charge on any atom is 0.160 e. The van der Waals surface area contributed by atoms with Crippen molar-refractivity contribution in [3.8, 4) is 62.5 Å². The summed E-state index contributed by atoms with van der Waals surface area (Å²) in [6.45, 7) is 4.55. The van der Waals surface area contributed by atoms with E-state index in [1.54, 1.807) is 0 Å². The molecule has 0 aliphatic carbocycles. The second-order valence-corrected chi connectivity index (χ2v) is 12.4. The number of para-hydroxylation sites is 2. The van der Waals surface area contributed by atoms with E-state index in [9.17, 15) is 5.26 Å². The van der Waals surface area contributed by atoms with Gasteiger partial charge >= 0.3 is 0 Å². The summed E-state index contributed by atoms with van der Waals surface area (Å²) in [5, 5.41) is 10.4. The van der Waals surface area contributed by atoms with Crippen LogP contribution in [0.25, 0.3) is 55.8 Å². The van der Waals surface area contributed by atoms with Crippen LogP contribution in [0.2, 0.25) is 0 Å². The van der Waals surface area contributed by atoms with Crippen LogP contribution in [0.15, 0.2) is 140 Å². The first kappa shape index (κ1) is 29.4. The van der Waals surface area contributed by atoms with Gasteiger partial charge in [0.05, 0.1) is 22.8 Å². The lowest BCUT2D eigenvalue weighted by Crippen LogP contribution is -2.30.